The van der Waals surface area contributed by atoms with E-state index in [9.17, 15) is 9.50 Å². The van der Waals surface area contributed by atoms with E-state index < -0.39 is 6.10 Å². The number of hydrogen-bond acceptors (Lipinski definition) is 2. The Morgan fingerprint density at radius 3 is 2.29 bits per heavy atom. The van der Waals surface area contributed by atoms with E-state index in [4.69, 9.17) is 0 Å². The van der Waals surface area contributed by atoms with Crippen LogP contribution in [0.3, 0.4) is 0 Å². The summed E-state index contributed by atoms with van der Waals surface area (Å²) >= 11 is 0. The van der Waals surface area contributed by atoms with Gasteiger partial charge in [-0.25, -0.2) is 4.39 Å². The monoisotopic (exact) mass is 287 g/mol. The van der Waals surface area contributed by atoms with Crippen LogP contribution in [0.4, 0.5) is 4.39 Å². The van der Waals surface area contributed by atoms with Gasteiger partial charge in [0.2, 0.25) is 0 Å². The van der Waals surface area contributed by atoms with Crippen molar-refractivity contribution in [1.29, 1.82) is 0 Å². The van der Waals surface area contributed by atoms with Gasteiger partial charge in [-0.15, -0.1) is 0 Å². The van der Waals surface area contributed by atoms with Gasteiger partial charge in [-0.1, -0.05) is 49.4 Å². The maximum absolute atomic E-state index is 12.9. The summed E-state index contributed by atoms with van der Waals surface area (Å²) in [6.07, 6.45) is -0.470. The lowest BCUT2D eigenvalue weighted by atomic mass is 9.97. The number of aliphatic hydroxyl groups is 1. The van der Waals surface area contributed by atoms with Gasteiger partial charge in [0.25, 0.3) is 0 Å². The largest absolute Gasteiger partial charge is 0.388 e. The van der Waals surface area contributed by atoms with Crippen molar-refractivity contribution in [1.82, 2.24) is 4.90 Å². The first-order valence-corrected chi connectivity index (χ1v) is 7.22. The molecule has 21 heavy (non-hydrogen) atoms. The minimum absolute atomic E-state index is 0.123. The van der Waals surface area contributed by atoms with Crippen molar-refractivity contribution in [3.05, 3.63) is 71.5 Å². The van der Waals surface area contributed by atoms with E-state index in [0.29, 0.717) is 0 Å². The zero-order valence-electron chi connectivity index (χ0n) is 12.5. The molecule has 0 saturated heterocycles. The molecule has 0 radical (unpaired) electrons. The van der Waals surface area contributed by atoms with Gasteiger partial charge in [-0.2, -0.15) is 0 Å². The second-order valence-corrected chi connectivity index (χ2v) is 5.66. The highest BCUT2D eigenvalue weighted by Gasteiger charge is 2.17. The molecule has 2 aromatic carbocycles. The molecule has 2 rings (SSSR count). The molecule has 0 bridgehead atoms. The first-order valence-electron chi connectivity index (χ1n) is 7.22. The van der Waals surface area contributed by atoms with Crippen LogP contribution in [0.1, 0.15) is 24.2 Å². The minimum Gasteiger partial charge on any atom is -0.388 e. The first-order chi connectivity index (χ1) is 10.1. The molecule has 0 aliphatic rings. The Hall–Kier alpha value is -1.71. The molecule has 2 nitrogen and oxygen atoms in total. The van der Waals surface area contributed by atoms with E-state index in [2.05, 4.69) is 4.90 Å². The summed E-state index contributed by atoms with van der Waals surface area (Å²) < 4.78 is 12.9. The Morgan fingerprint density at radius 1 is 1.05 bits per heavy atom. The molecule has 0 fully saturated rings. The van der Waals surface area contributed by atoms with Gasteiger partial charge in [-0.3, -0.25) is 0 Å². The third-order valence-corrected chi connectivity index (χ3v) is 3.65. The summed E-state index contributed by atoms with van der Waals surface area (Å²) in [6.45, 7) is 3.55. The van der Waals surface area contributed by atoms with Crippen LogP contribution < -0.4 is 0 Å². The van der Waals surface area contributed by atoms with Gasteiger partial charge in [0, 0.05) is 13.1 Å². The van der Waals surface area contributed by atoms with Crippen molar-refractivity contribution < 1.29 is 9.50 Å². The maximum atomic E-state index is 12.9. The normalized spacial score (nSPS) is 14.1. The van der Waals surface area contributed by atoms with Crippen LogP contribution in [0, 0.1) is 11.7 Å². The van der Waals surface area contributed by atoms with Gasteiger partial charge in [0.05, 0.1) is 6.10 Å². The Labute approximate surface area is 125 Å². The van der Waals surface area contributed by atoms with Gasteiger partial charge >= 0.3 is 0 Å². The SMILES string of the molecule is CC(CN(C)Cc1ccc(F)cc1)C(O)c1ccccc1. The fourth-order valence-electron chi connectivity index (χ4n) is 2.54. The van der Waals surface area contributed by atoms with E-state index in [-0.39, 0.29) is 11.7 Å². The van der Waals surface area contributed by atoms with Crippen molar-refractivity contribution in [3.8, 4) is 0 Å². The van der Waals surface area contributed by atoms with Crippen LogP contribution in [0.15, 0.2) is 54.6 Å². The van der Waals surface area contributed by atoms with Gasteiger partial charge < -0.3 is 10.0 Å². The number of benzene rings is 2. The smallest absolute Gasteiger partial charge is 0.123 e. The topological polar surface area (TPSA) is 23.5 Å². The maximum Gasteiger partial charge on any atom is 0.123 e. The van der Waals surface area contributed by atoms with Crippen molar-refractivity contribution in [3.63, 3.8) is 0 Å². The van der Waals surface area contributed by atoms with Crippen LogP contribution in [0.25, 0.3) is 0 Å². The highest BCUT2D eigenvalue weighted by atomic mass is 19.1. The van der Waals surface area contributed by atoms with Crippen molar-refractivity contribution >= 4 is 0 Å². The molecule has 1 N–H and O–H groups in total. The molecule has 0 amide bonds. The highest BCUT2D eigenvalue weighted by molar-refractivity contribution is 5.18. The Bertz CT molecular complexity index is 541. The molecule has 3 heteroatoms. The lowest BCUT2D eigenvalue weighted by Gasteiger charge is -2.25. The third kappa shape index (κ3) is 4.66. The minimum atomic E-state index is -0.470. The van der Waals surface area contributed by atoms with Crippen LogP contribution >= 0.6 is 0 Å². The van der Waals surface area contributed by atoms with Crippen molar-refractivity contribution in [2.45, 2.75) is 19.6 Å². The quantitative estimate of drug-likeness (QED) is 0.877. The molecular weight excluding hydrogens is 265 g/mol. The summed E-state index contributed by atoms with van der Waals surface area (Å²) in [4.78, 5) is 2.14. The van der Waals surface area contributed by atoms with Crippen molar-refractivity contribution in [2.24, 2.45) is 5.92 Å². The highest BCUT2D eigenvalue weighted by Crippen LogP contribution is 2.22. The summed E-state index contributed by atoms with van der Waals surface area (Å²) in [5.41, 5.74) is 2.01. The molecule has 2 unspecified atom stereocenters. The molecule has 0 spiro atoms. The van der Waals surface area contributed by atoms with E-state index in [1.807, 2.05) is 44.3 Å². The van der Waals surface area contributed by atoms with Crippen LogP contribution in [-0.4, -0.2) is 23.6 Å². The van der Waals surface area contributed by atoms with Crippen LogP contribution in [0.2, 0.25) is 0 Å². The summed E-state index contributed by atoms with van der Waals surface area (Å²) in [7, 11) is 2.01. The van der Waals surface area contributed by atoms with Crippen molar-refractivity contribution in [2.75, 3.05) is 13.6 Å². The molecule has 0 heterocycles. The zero-order valence-corrected chi connectivity index (χ0v) is 12.5. The predicted molar refractivity (Wildman–Crippen MR) is 83.3 cm³/mol. The Kier molecular flexibility index (Phi) is 5.48. The van der Waals surface area contributed by atoms with Crippen LogP contribution in [-0.2, 0) is 6.54 Å². The summed E-state index contributed by atoms with van der Waals surface area (Å²) in [5.74, 6) is -0.0906. The molecule has 112 valence electrons. The Morgan fingerprint density at radius 2 is 1.67 bits per heavy atom. The zero-order chi connectivity index (χ0) is 15.2. The number of nitrogens with zero attached hydrogens (tertiary/aromatic N) is 1. The first kappa shape index (κ1) is 15.7. The second kappa shape index (κ2) is 7.34. The lowest BCUT2D eigenvalue weighted by molar-refractivity contribution is 0.0933. The average molecular weight is 287 g/mol. The van der Waals surface area contributed by atoms with Gasteiger partial charge in [-0.05, 0) is 36.2 Å². The molecule has 0 aliphatic carbocycles. The van der Waals surface area contributed by atoms with E-state index >= 15 is 0 Å². The molecule has 0 aromatic heterocycles. The summed E-state index contributed by atoms with van der Waals surface area (Å²) in [6, 6.07) is 16.3. The number of halogens is 1. The predicted octanol–water partition coefficient (Wildman–Crippen LogP) is 3.63. The molecule has 0 aliphatic heterocycles. The van der Waals surface area contributed by atoms with E-state index in [1.54, 1.807) is 12.1 Å². The van der Waals surface area contributed by atoms with E-state index in [0.717, 1.165) is 24.2 Å². The van der Waals surface area contributed by atoms with Gasteiger partial charge in [0.1, 0.15) is 5.82 Å². The second-order valence-electron chi connectivity index (χ2n) is 5.66. The molecule has 2 atom stereocenters. The fraction of sp³-hybridized carbons (Fsp3) is 0.333. The molecular formula is C18H22FNO. The Balaban J connectivity index is 1.89. The van der Waals surface area contributed by atoms with Gasteiger partial charge in [0.15, 0.2) is 0 Å². The number of aliphatic hydroxyl groups excluding tert-OH is 1. The lowest BCUT2D eigenvalue weighted by Crippen LogP contribution is -2.27. The standard InChI is InChI=1S/C18H22FNO/c1-14(18(21)16-6-4-3-5-7-16)12-20(2)13-15-8-10-17(19)11-9-15/h3-11,14,18,21H,12-13H2,1-2H3. The third-order valence-electron chi connectivity index (χ3n) is 3.65. The number of hydrogen-bond donors (Lipinski definition) is 1. The molecule has 2 aromatic rings. The fourth-order valence-corrected chi connectivity index (χ4v) is 2.54. The van der Waals surface area contributed by atoms with E-state index in [1.165, 1.54) is 12.1 Å². The number of rotatable bonds is 6. The molecule has 0 saturated carbocycles. The van der Waals surface area contributed by atoms with Crippen LogP contribution in [0.5, 0.6) is 0 Å². The summed E-state index contributed by atoms with van der Waals surface area (Å²) in [5, 5.41) is 10.4. The average Bonchev–Trinajstić information content (AvgIpc) is 2.49.